The summed E-state index contributed by atoms with van der Waals surface area (Å²) in [6.45, 7) is 6.92. The molecule has 1 aromatic carbocycles. The average molecular weight is 531 g/mol. The standard InChI is InChI=1S/C20H25N6O4S.Rb/c1-4-6-17-22-12(3)18-20(27)23-19(24-26(17)18)15-9-14(7-8-16(15)30-5-2)31(28,29)25-13-10-21-11-13;/h7-9,13,25H,4-6,10-11H2,1-3H3,(H,23,24,27);/q-1;+1. The van der Waals surface area contributed by atoms with Gasteiger partial charge >= 0.3 is 58.2 Å². The van der Waals surface area contributed by atoms with Gasteiger partial charge in [-0.1, -0.05) is 6.92 Å². The fraction of sp³-hybridized carbons (Fsp3) is 0.450. The normalized spacial score (nSPS) is 14.2. The first-order valence-electron chi connectivity index (χ1n) is 10.2. The first kappa shape index (κ1) is 25.7. The second kappa shape index (κ2) is 10.5. The molecule has 1 aliphatic heterocycles. The van der Waals surface area contributed by atoms with Crippen LogP contribution in [0.15, 0.2) is 27.9 Å². The van der Waals surface area contributed by atoms with Gasteiger partial charge in [-0.3, -0.25) is 4.79 Å². The minimum Gasteiger partial charge on any atom is -0.660 e. The first-order valence-corrected chi connectivity index (χ1v) is 11.7. The third kappa shape index (κ3) is 5.08. The number of aryl methyl sites for hydroxylation is 2. The van der Waals surface area contributed by atoms with Crippen LogP contribution in [0.25, 0.3) is 22.2 Å². The van der Waals surface area contributed by atoms with Crippen LogP contribution in [0, 0.1) is 6.92 Å². The maximum Gasteiger partial charge on any atom is 1.00 e. The third-order valence-electron chi connectivity index (χ3n) is 5.05. The van der Waals surface area contributed by atoms with E-state index in [-0.39, 0.29) is 80.5 Å². The Kier molecular flexibility index (Phi) is 8.45. The van der Waals surface area contributed by atoms with Crippen LogP contribution in [0.4, 0.5) is 0 Å². The number of sulfonamides is 1. The van der Waals surface area contributed by atoms with Crippen molar-refractivity contribution in [2.24, 2.45) is 0 Å². The molecule has 1 fully saturated rings. The van der Waals surface area contributed by atoms with Gasteiger partial charge in [-0.25, -0.2) is 22.6 Å². The van der Waals surface area contributed by atoms with Crippen molar-refractivity contribution in [1.82, 2.24) is 24.3 Å². The van der Waals surface area contributed by atoms with Crippen molar-refractivity contribution in [3.05, 3.63) is 45.4 Å². The molecule has 32 heavy (non-hydrogen) atoms. The molecule has 2 aromatic heterocycles. The average Bonchev–Trinajstić information content (AvgIpc) is 3.01. The number of hydrogen-bond acceptors (Lipinski definition) is 6. The van der Waals surface area contributed by atoms with Gasteiger partial charge in [0, 0.05) is 6.42 Å². The van der Waals surface area contributed by atoms with E-state index >= 15 is 0 Å². The molecular formula is C20H25N6O4RbS. The number of H-pyrrole nitrogens is 1. The van der Waals surface area contributed by atoms with Crippen LogP contribution in [-0.2, 0) is 16.4 Å². The molecular weight excluding hydrogens is 506 g/mol. The molecule has 0 spiro atoms. The van der Waals surface area contributed by atoms with Crippen LogP contribution < -0.4 is 73.2 Å². The zero-order valence-electron chi connectivity index (χ0n) is 18.7. The van der Waals surface area contributed by atoms with Crippen LogP contribution >= 0.6 is 0 Å². The van der Waals surface area contributed by atoms with Crippen LogP contribution in [0.2, 0.25) is 0 Å². The number of rotatable bonds is 8. The Balaban J connectivity index is 0.00000289. The Hall–Kier alpha value is -0.955. The van der Waals surface area contributed by atoms with E-state index in [9.17, 15) is 13.2 Å². The summed E-state index contributed by atoms with van der Waals surface area (Å²) in [6, 6.07) is 4.33. The molecule has 3 heterocycles. The molecule has 0 aliphatic carbocycles. The Morgan fingerprint density at radius 3 is 2.69 bits per heavy atom. The molecule has 166 valence electrons. The maximum atomic E-state index is 12.8. The van der Waals surface area contributed by atoms with Crippen molar-refractivity contribution < 1.29 is 71.3 Å². The predicted octanol–water partition coefficient (Wildman–Crippen LogP) is -1.22. The van der Waals surface area contributed by atoms with Crippen molar-refractivity contribution in [3.8, 4) is 17.1 Å². The topological polar surface area (TPSA) is 133 Å². The monoisotopic (exact) mass is 530 g/mol. The van der Waals surface area contributed by atoms with Gasteiger partial charge in [0.15, 0.2) is 11.3 Å². The van der Waals surface area contributed by atoms with E-state index in [1.807, 2.05) is 13.8 Å². The molecule has 0 amide bonds. The number of imidazole rings is 1. The largest absolute Gasteiger partial charge is 1.00 e. The van der Waals surface area contributed by atoms with Gasteiger partial charge in [-0.2, -0.15) is 0 Å². The smallest absolute Gasteiger partial charge is 0.660 e. The number of hydrogen-bond donors (Lipinski definition) is 2. The number of nitrogens with zero attached hydrogens (tertiary/aromatic N) is 4. The summed E-state index contributed by atoms with van der Waals surface area (Å²) in [6.07, 6.45) is 1.51. The summed E-state index contributed by atoms with van der Waals surface area (Å²) in [5.74, 6) is 1.32. The number of benzene rings is 1. The SMILES string of the molecule is CCCc1nc(C)c2c(=O)[nH]c(-c3cc(S(=O)(=O)NC4C[N-]C4)ccc3OCC)nn12.[Rb+]. The number of fused-ring (bicyclic) bond motifs is 1. The number of ether oxygens (including phenoxy) is 1. The molecule has 1 aliphatic rings. The van der Waals surface area contributed by atoms with Crippen LogP contribution in [-0.4, -0.2) is 53.7 Å². The molecule has 3 aromatic rings. The quantitative estimate of drug-likeness (QED) is 0.375. The summed E-state index contributed by atoms with van der Waals surface area (Å²) in [5, 5.41) is 8.63. The van der Waals surface area contributed by atoms with Crippen LogP contribution in [0.5, 0.6) is 5.75 Å². The predicted molar refractivity (Wildman–Crippen MR) is 116 cm³/mol. The van der Waals surface area contributed by atoms with E-state index < -0.39 is 10.0 Å². The van der Waals surface area contributed by atoms with E-state index in [0.717, 1.165) is 6.42 Å². The second-order valence-electron chi connectivity index (χ2n) is 7.42. The molecule has 10 nitrogen and oxygen atoms in total. The molecule has 1 saturated heterocycles. The zero-order chi connectivity index (χ0) is 22.2. The summed E-state index contributed by atoms with van der Waals surface area (Å²) in [7, 11) is -3.75. The number of nitrogens with one attached hydrogen (secondary N) is 2. The Morgan fingerprint density at radius 1 is 1.31 bits per heavy atom. The molecule has 0 bridgehead atoms. The molecule has 0 atom stereocenters. The fourth-order valence-corrected chi connectivity index (χ4v) is 4.75. The Bertz CT molecular complexity index is 1280. The fourth-order valence-electron chi connectivity index (χ4n) is 3.51. The van der Waals surface area contributed by atoms with E-state index in [0.29, 0.717) is 54.5 Å². The van der Waals surface area contributed by atoms with E-state index in [2.05, 4.69) is 25.1 Å². The molecule has 4 rings (SSSR count). The maximum absolute atomic E-state index is 12.8. The molecule has 0 radical (unpaired) electrons. The molecule has 0 unspecified atom stereocenters. The third-order valence-corrected chi connectivity index (χ3v) is 6.57. The van der Waals surface area contributed by atoms with Gasteiger partial charge in [-0.15, -0.1) is 18.2 Å². The van der Waals surface area contributed by atoms with Crippen LogP contribution in [0.3, 0.4) is 0 Å². The van der Waals surface area contributed by atoms with Crippen molar-refractivity contribution in [1.29, 1.82) is 0 Å². The minimum atomic E-state index is -3.75. The summed E-state index contributed by atoms with van der Waals surface area (Å²) < 4.78 is 35.5. The van der Waals surface area contributed by atoms with Crippen molar-refractivity contribution in [3.63, 3.8) is 0 Å². The van der Waals surface area contributed by atoms with Crippen molar-refractivity contribution in [2.75, 3.05) is 19.7 Å². The first-order chi connectivity index (χ1) is 14.8. The Morgan fingerprint density at radius 2 is 2.06 bits per heavy atom. The minimum absolute atomic E-state index is 0. The van der Waals surface area contributed by atoms with Gasteiger partial charge in [-0.05, 0) is 44.5 Å². The summed E-state index contributed by atoms with van der Waals surface area (Å²) >= 11 is 0. The Labute approximate surface area is 235 Å². The number of aromatic nitrogens is 4. The summed E-state index contributed by atoms with van der Waals surface area (Å²) in [4.78, 5) is 20.1. The van der Waals surface area contributed by atoms with E-state index in [1.165, 1.54) is 16.6 Å². The zero-order valence-corrected chi connectivity index (χ0v) is 24.4. The molecule has 0 saturated carbocycles. The van der Waals surface area contributed by atoms with Gasteiger partial charge < -0.3 is 15.0 Å². The van der Waals surface area contributed by atoms with Gasteiger partial charge in [0.05, 0.1) is 22.8 Å². The number of aromatic amines is 1. The van der Waals surface area contributed by atoms with Crippen molar-refractivity contribution in [2.45, 2.75) is 44.6 Å². The molecule has 12 heteroatoms. The molecule has 2 N–H and O–H groups in total. The van der Waals surface area contributed by atoms with Gasteiger partial charge in [0.25, 0.3) is 5.56 Å². The van der Waals surface area contributed by atoms with Crippen molar-refractivity contribution >= 4 is 15.5 Å². The van der Waals surface area contributed by atoms with Crippen LogP contribution in [0.1, 0.15) is 31.8 Å². The van der Waals surface area contributed by atoms with E-state index in [4.69, 9.17) is 4.74 Å². The second-order valence-corrected chi connectivity index (χ2v) is 9.14. The van der Waals surface area contributed by atoms with E-state index in [1.54, 1.807) is 13.0 Å². The summed E-state index contributed by atoms with van der Waals surface area (Å²) in [5.41, 5.74) is 1.02. The van der Waals surface area contributed by atoms with Gasteiger partial charge in [0.2, 0.25) is 10.0 Å². The van der Waals surface area contributed by atoms with Gasteiger partial charge in [0.1, 0.15) is 11.6 Å².